The number of carbonyl (C=O) groups is 1. The molecular formula is C21H17ClO3. The Hall–Kier alpha value is -2.78. The molecule has 4 heteroatoms. The number of carbonyl (C=O) groups excluding carboxylic acids is 1. The zero-order valence-corrected chi connectivity index (χ0v) is 14.3. The Morgan fingerprint density at radius 1 is 0.760 bits per heavy atom. The van der Waals surface area contributed by atoms with Crippen LogP contribution in [0, 0.1) is 0 Å². The number of ether oxygens (including phenoxy) is 2. The van der Waals surface area contributed by atoms with E-state index in [1.54, 1.807) is 18.2 Å². The van der Waals surface area contributed by atoms with E-state index in [9.17, 15) is 4.79 Å². The summed E-state index contributed by atoms with van der Waals surface area (Å²) in [5, 5.41) is -0.576. The summed E-state index contributed by atoms with van der Waals surface area (Å²) in [4.78, 5) is 11.7. The Labute approximate surface area is 151 Å². The number of rotatable bonds is 7. The third kappa shape index (κ3) is 4.85. The van der Waals surface area contributed by atoms with Crippen LogP contribution in [0.5, 0.6) is 11.5 Å². The smallest absolute Gasteiger partial charge is 0.256 e. The Morgan fingerprint density at radius 2 is 1.32 bits per heavy atom. The fourth-order valence-electron chi connectivity index (χ4n) is 2.35. The molecule has 0 saturated carbocycles. The minimum absolute atomic E-state index is 0.295. The molecule has 3 rings (SSSR count). The standard InChI is InChI=1S/C21H17ClO3/c22-21(23)19-13-18(24-14-16-7-3-1-4-8-16)11-12-20(19)25-15-17-9-5-2-6-10-17/h1-13H,14-15H2. The lowest BCUT2D eigenvalue weighted by Crippen LogP contribution is -2.02. The minimum atomic E-state index is -0.576. The molecule has 0 amide bonds. The maximum Gasteiger partial charge on any atom is 0.256 e. The number of halogens is 1. The molecule has 0 heterocycles. The van der Waals surface area contributed by atoms with Gasteiger partial charge in [-0.3, -0.25) is 4.79 Å². The molecular weight excluding hydrogens is 336 g/mol. The summed E-state index contributed by atoms with van der Waals surface area (Å²) < 4.78 is 11.5. The predicted octanol–water partition coefficient (Wildman–Crippen LogP) is 5.22. The highest BCUT2D eigenvalue weighted by Gasteiger charge is 2.12. The molecule has 0 radical (unpaired) electrons. The van der Waals surface area contributed by atoms with Gasteiger partial charge in [-0.25, -0.2) is 0 Å². The van der Waals surface area contributed by atoms with E-state index in [2.05, 4.69) is 0 Å². The Morgan fingerprint density at radius 3 is 1.88 bits per heavy atom. The normalized spacial score (nSPS) is 10.3. The van der Waals surface area contributed by atoms with Crippen molar-refractivity contribution in [2.24, 2.45) is 0 Å². The van der Waals surface area contributed by atoms with Gasteiger partial charge in [0.15, 0.2) is 0 Å². The van der Waals surface area contributed by atoms with Crippen LogP contribution in [0.4, 0.5) is 0 Å². The molecule has 0 N–H and O–H groups in total. The van der Waals surface area contributed by atoms with E-state index in [0.29, 0.717) is 30.3 Å². The molecule has 0 saturated heterocycles. The fourth-order valence-corrected chi connectivity index (χ4v) is 2.50. The highest BCUT2D eigenvalue weighted by atomic mass is 35.5. The van der Waals surface area contributed by atoms with E-state index >= 15 is 0 Å². The van der Waals surface area contributed by atoms with Gasteiger partial charge in [0.2, 0.25) is 0 Å². The van der Waals surface area contributed by atoms with Gasteiger partial charge in [-0.05, 0) is 40.9 Å². The van der Waals surface area contributed by atoms with Crippen LogP contribution in [0.15, 0.2) is 78.9 Å². The van der Waals surface area contributed by atoms with Crippen LogP contribution in [0.1, 0.15) is 21.5 Å². The molecule has 0 bridgehead atoms. The second-order valence-electron chi connectivity index (χ2n) is 5.48. The van der Waals surface area contributed by atoms with Crippen LogP contribution < -0.4 is 9.47 Å². The Kier molecular flexibility index (Phi) is 5.70. The molecule has 0 fully saturated rings. The van der Waals surface area contributed by atoms with Crippen LogP contribution in [0.25, 0.3) is 0 Å². The predicted molar refractivity (Wildman–Crippen MR) is 98.2 cm³/mol. The average molecular weight is 353 g/mol. The van der Waals surface area contributed by atoms with Crippen molar-refractivity contribution in [3.63, 3.8) is 0 Å². The van der Waals surface area contributed by atoms with Crippen molar-refractivity contribution in [2.45, 2.75) is 13.2 Å². The highest BCUT2D eigenvalue weighted by Crippen LogP contribution is 2.27. The summed E-state index contributed by atoms with van der Waals surface area (Å²) in [5.41, 5.74) is 2.36. The monoisotopic (exact) mass is 352 g/mol. The van der Waals surface area contributed by atoms with E-state index in [1.165, 1.54) is 0 Å². The van der Waals surface area contributed by atoms with Crippen molar-refractivity contribution in [2.75, 3.05) is 0 Å². The molecule has 0 unspecified atom stereocenters. The molecule has 0 aliphatic heterocycles. The number of benzene rings is 3. The largest absolute Gasteiger partial charge is 0.489 e. The van der Waals surface area contributed by atoms with Gasteiger partial charge in [0.05, 0.1) is 5.56 Å². The van der Waals surface area contributed by atoms with Crippen molar-refractivity contribution >= 4 is 16.8 Å². The molecule has 3 nitrogen and oxygen atoms in total. The van der Waals surface area contributed by atoms with E-state index in [0.717, 1.165) is 11.1 Å². The second kappa shape index (κ2) is 8.36. The van der Waals surface area contributed by atoms with Crippen molar-refractivity contribution in [1.29, 1.82) is 0 Å². The van der Waals surface area contributed by atoms with Gasteiger partial charge in [0, 0.05) is 0 Å². The zero-order valence-electron chi connectivity index (χ0n) is 13.5. The maximum absolute atomic E-state index is 11.7. The van der Waals surface area contributed by atoms with Gasteiger partial charge < -0.3 is 9.47 Å². The van der Waals surface area contributed by atoms with Crippen molar-refractivity contribution in [3.05, 3.63) is 95.6 Å². The van der Waals surface area contributed by atoms with E-state index in [1.807, 2.05) is 60.7 Å². The van der Waals surface area contributed by atoms with Crippen molar-refractivity contribution < 1.29 is 14.3 Å². The number of hydrogen-bond donors (Lipinski definition) is 0. The minimum Gasteiger partial charge on any atom is -0.489 e. The van der Waals surface area contributed by atoms with Crippen molar-refractivity contribution in [1.82, 2.24) is 0 Å². The Balaban J connectivity index is 1.70. The molecule has 126 valence electrons. The lowest BCUT2D eigenvalue weighted by atomic mass is 10.2. The van der Waals surface area contributed by atoms with Gasteiger partial charge in [-0.15, -0.1) is 0 Å². The van der Waals surface area contributed by atoms with Crippen molar-refractivity contribution in [3.8, 4) is 11.5 Å². The molecule has 3 aromatic carbocycles. The maximum atomic E-state index is 11.7. The van der Waals surface area contributed by atoms with Gasteiger partial charge in [0.25, 0.3) is 5.24 Å². The van der Waals surface area contributed by atoms with E-state index < -0.39 is 5.24 Å². The zero-order chi connectivity index (χ0) is 17.5. The molecule has 3 aromatic rings. The average Bonchev–Trinajstić information content (AvgIpc) is 2.66. The first-order valence-electron chi connectivity index (χ1n) is 7.90. The van der Waals surface area contributed by atoms with Crippen LogP contribution in [-0.4, -0.2) is 5.24 Å². The molecule has 0 aliphatic rings. The SMILES string of the molecule is O=C(Cl)c1cc(OCc2ccccc2)ccc1OCc1ccccc1. The summed E-state index contributed by atoms with van der Waals surface area (Å²) in [6, 6.07) is 24.6. The summed E-state index contributed by atoms with van der Waals surface area (Å²) in [6.07, 6.45) is 0. The number of hydrogen-bond acceptors (Lipinski definition) is 3. The second-order valence-corrected chi connectivity index (χ2v) is 5.82. The van der Waals surface area contributed by atoms with Gasteiger partial charge in [0.1, 0.15) is 24.7 Å². The van der Waals surface area contributed by atoms with Gasteiger partial charge in [-0.1, -0.05) is 60.7 Å². The van der Waals surface area contributed by atoms with Crippen LogP contribution in [0.2, 0.25) is 0 Å². The van der Waals surface area contributed by atoms with Gasteiger partial charge >= 0.3 is 0 Å². The van der Waals surface area contributed by atoms with E-state index in [4.69, 9.17) is 21.1 Å². The van der Waals surface area contributed by atoms with Gasteiger partial charge in [-0.2, -0.15) is 0 Å². The third-order valence-electron chi connectivity index (χ3n) is 3.65. The third-order valence-corrected chi connectivity index (χ3v) is 3.85. The van der Waals surface area contributed by atoms with E-state index in [-0.39, 0.29) is 0 Å². The molecule has 0 spiro atoms. The Bertz CT molecular complexity index is 832. The summed E-state index contributed by atoms with van der Waals surface area (Å²) in [5.74, 6) is 1.01. The first-order chi connectivity index (χ1) is 12.2. The van der Waals surface area contributed by atoms with Crippen LogP contribution in [0.3, 0.4) is 0 Å². The quantitative estimate of drug-likeness (QED) is 0.546. The molecule has 0 atom stereocenters. The highest BCUT2D eigenvalue weighted by molar-refractivity contribution is 6.68. The lowest BCUT2D eigenvalue weighted by molar-refractivity contribution is 0.107. The topological polar surface area (TPSA) is 35.5 Å². The fraction of sp³-hybridized carbons (Fsp3) is 0.0952. The molecule has 0 aromatic heterocycles. The van der Waals surface area contributed by atoms with Crippen LogP contribution in [-0.2, 0) is 13.2 Å². The molecule has 25 heavy (non-hydrogen) atoms. The molecule has 0 aliphatic carbocycles. The first-order valence-corrected chi connectivity index (χ1v) is 8.27. The first kappa shape index (κ1) is 17.1. The lowest BCUT2D eigenvalue weighted by Gasteiger charge is -2.12. The van der Waals surface area contributed by atoms with Crippen LogP contribution >= 0.6 is 11.6 Å². The summed E-state index contributed by atoms with van der Waals surface area (Å²) in [6.45, 7) is 0.781. The summed E-state index contributed by atoms with van der Waals surface area (Å²) >= 11 is 5.70. The summed E-state index contributed by atoms with van der Waals surface area (Å²) in [7, 11) is 0.